The zero-order valence-electron chi connectivity index (χ0n) is 12.2. The molecule has 1 aromatic carbocycles. The number of nitrogens with one attached hydrogen (secondary N) is 1. The summed E-state index contributed by atoms with van der Waals surface area (Å²) >= 11 is 0. The molecule has 0 saturated carbocycles. The van der Waals surface area contributed by atoms with Crippen LogP contribution in [0.15, 0.2) is 30.3 Å². The summed E-state index contributed by atoms with van der Waals surface area (Å²) < 4.78 is 5.32. The number of nitrogens with zero attached hydrogens (tertiary/aromatic N) is 1. The van der Waals surface area contributed by atoms with Gasteiger partial charge in [0.25, 0.3) is 0 Å². The van der Waals surface area contributed by atoms with Crippen LogP contribution in [0.25, 0.3) is 0 Å². The van der Waals surface area contributed by atoms with Crippen molar-refractivity contribution in [2.24, 2.45) is 0 Å². The van der Waals surface area contributed by atoms with Crippen LogP contribution in [0.2, 0.25) is 0 Å². The maximum atomic E-state index is 12.0. The van der Waals surface area contributed by atoms with Crippen molar-refractivity contribution in [1.29, 1.82) is 0 Å². The molecule has 0 heterocycles. The fourth-order valence-electron chi connectivity index (χ4n) is 1.90. The second kappa shape index (κ2) is 7.92. The summed E-state index contributed by atoms with van der Waals surface area (Å²) in [5.41, 5.74) is 1.10. The van der Waals surface area contributed by atoms with Crippen LogP contribution in [0.4, 0.5) is 0 Å². The summed E-state index contributed by atoms with van der Waals surface area (Å²) in [5.74, 6) is -0.0717. The highest BCUT2D eigenvalue weighted by Crippen LogP contribution is 2.13. The van der Waals surface area contributed by atoms with E-state index in [2.05, 4.69) is 10.2 Å². The van der Waals surface area contributed by atoms with Crippen molar-refractivity contribution >= 4 is 5.91 Å². The van der Waals surface area contributed by atoms with Gasteiger partial charge in [0.2, 0.25) is 5.91 Å². The molecule has 1 aromatic rings. The molecule has 1 rings (SSSR count). The van der Waals surface area contributed by atoms with E-state index < -0.39 is 6.10 Å². The monoisotopic (exact) mass is 264 g/mol. The molecule has 1 N–H and O–H groups in total. The van der Waals surface area contributed by atoms with Gasteiger partial charge in [0.15, 0.2) is 0 Å². The van der Waals surface area contributed by atoms with Crippen LogP contribution < -0.4 is 5.32 Å². The highest BCUT2D eigenvalue weighted by molar-refractivity contribution is 5.80. The average molecular weight is 264 g/mol. The Hall–Kier alpha value is -1.39. The van der Waals surface area contributed by atoms with E-state index in [-0.39, 0.29) is 11.9 Å². The van der Waals surface area contributed by atoms with Crippen molar-refractivity contribution in [3.63, 3.8) is 0 Å². The van der Waals surface area contributed by atoms with E-state index in [1.165, 1.54) is 0 Å². The number of benzene rings is 1. The second-order valence-corrected chi connectivity index (χ2v) is 4.83. The predicted octanol–water partition coefficient (Wildman–Crippen LogP) is 1.83. The van der Waals surface area contributed by atoms with Crippen LogP contribution in [-0.2, 0) is 9.53 Å². The maximum Gasteiger partial charge on any atom is 0.249 e. The molecule has 19 heavy (non-hydrogen) atoms. The fourth-order valence-corrected chi connectivity index (χ4v) is 1.90. The first-order chi connectivity index (χ1) is 9.04. The molecule has 0 radical (unpaired) electrons. The van der Waals surface area contributed by atoms with Gasteiger partial charge in [-0.1, -0.05) is 30.3 Å². The number of hydrogen-bond donors (Lipinski definition) is 1. The third-order valence-electron chi connectivity index (χ3n) is 2.85. The zero-order chi connectivity index (χ0) is 14.3. The van der Waals surface area contributed by atoms with Gasteiger partial charge in [-0.15, -0.1) is 0 Å². The van der Waals surface area contributed by atoms with Gasteiger partial charge in [-0.05, 0) is 33.5 Å². The normalized spacial score (nSPS) is 14.2. The van der Waals surface area contributed by atoms with E-state index >= 15 is 0 Å². The van der Waals surface area contributed by atoms with Crippen LogP contribution in [0, 0.1) is 0 Å². The Morgan fingerprint density at radius 2 is 1.95 bits per heavy atom. The van der Waals surface area contributed by atoms with E-state index in [4.69, 9.17) is 4.74 Å². The molecule has 0 aliphatic heterocycles. The molecule has 0 fully saturated rings. The quantitative estimate of drug-likeness (QED) is 0.817. The summed E-state index contributed by atoms with van der Waals surface area (Å²) in [4.78, 5) is 14.1. The Kier molecular flexibility index (Phi) is 6.53. The maximum absolute atomic E-state index is 12.0. The van der Waals surface area contributed by atoms with Crippen molar-refractivity contribution in [1.82, 2.24) is 10.2 Å². The first-order valence-electron chi connectivity index (χ1n) is 6.66. The van der Waals surface area contributed by atoms with Crippen molar-refractivity contribution < 1.29 is 9.53 Å². The van der Waals surface area contributed by atoms with Gasteiger partial charge in [0.1, 0.15) is 6.10 Å². The van der Waals surface area contributed by atoms with Gasteiger partial charge in [-0.2, -0.15) is 0 Å². The second-order valence-electron chi connectivity index (χ2n) is 4.83. The zero-order valence-corrected chi connectivity index (χ0v) is 12.2. The molecule has 0 bridgehead atoms. The van der Waals surface area contributed by atoms with Crippen molar-refractivity contribution in [3.8, 4) is 0 Å². The third kappa shape index (κ3) is 5.41. The summed E-state index contributed by atoms with van der Waals surface area (Å²) in [5, 5.41) is 3.04. The molecule has 2 atom stereocenters. The molecule has 4 heteroatoms. The number of carbonyl (C=O) groups excluding carboxylic acids is 1. The third-order valence-corrected chi connectivity index (χ3v) is 2.85. The first kappa shape index (κ1) is 15.7. The van der Waals surface area contributed by atoms with E-state index in [0.717, 1.165) is 12.1 Å². The Morgan fingerprint density at radius 3 is 2.47 bits per heavy atom. The molecule has 4 nitrogen and oxygen atoms in total. The minimum absolute atomic E-state index is 0.0217. The molecule has 1 amide bonds. The molecule has 2 unspecified atom stereocenters. The fraction of sp³-hybridized carbons (Fsp3) is 0.533. The Bertz CT molecular complexity index is 379. The van der Waals surface area contributed by atoms with Crippen molar-refractivity contribution in [2.45, 2.75) is 26.0 Å². The molecular formula is C15H24N2O2. The topological polar surface area (TPSA) is 41.6 Å². The molecule has 106 valence electrons. The summed E-state index contributed by atoms with van der Waals surface area (Å²) in [7, 11) is 3.99. The highest BCUT2D eigenvalue weighted by Gasteiger charge is 2.19. The van der Waals surface area contributed by atoms with Gasteiger partial charge in [-0.3, -0.25) is 4.79 Å². The number of ether oxygens (including phenoxy) is 1. The van der Waals surface area contributed by atoms with Gasteiger partial charge in [0, 0.05) is 13.2 Å². The van der Waals surface area contributed by atoms with Gasteiger partial charge < -0.3 is 15.0 Å². The number of amides is 1. The molecule has 0 aliphatic carbocycles. The lowest BCUT2D eigenvalue weighted by Crippen LogP contribution is -2.40. The Balaban J connectivity index is 2.73. The Morgan fingerprint density at radius 1 is 1.32 bits per heavy atom. The van der Waals surface area contributed by atoms with Crippen molar-refractivity contribution in [2.75, 3.05) is 27.2 Å². The minimum Gasteiger partial charge on any atom is -0.369 e. The number of carbonyl (C=O) groups is 1. The highest BCUT2D eigenvalue weighted by atomic mass is 16.5. The standard InChI is InChI=1S/C15H24N2O2/c1-5-19-12(2)15(18)16-14(11-17(3)4)13-9-7-6-8-10-13/h6-10,12,14H,5,11H2,1-4H3,(H,16,18). The van der Waals surface area contributed by atoms with E-state index in [1.807, 2.05) is 51.4 Å². The van der Waals surface area contributed by atoms with Gasteiger partial charge in [0.05, 0.1) is 6.04 Å². The average Bonchev–Trinajstić information content (AvgIpc) is 2.38. The summed E-state index contributed by atoms with van der Waals surface area (Å²) in [6.45, 7) is 4.96. The van der Waals surface area contributed by atoms with E-state index in [1.54, 1.807) is 6.92 Å². The molecular weight excluding hydrogens is 240 g/mol. The summed E-state index contributed by atoms with van der Waals surface area (Å²) in [6.07, 6.45) is -0.418. The Labute approximate surface area is 115 Å². The first-order valence-corrected chi connectivity index (χ1v) is 6.66. The molecule has 0 aromatic heterocycles. The lowest BCUT2D eigenvalue weighted by Gasteiger charge is -2.24. The van der Waals surface area contributed by atoms with Gasteiger partial charge in [-0.25, -0.2) is 0 Å². The van der Waals surface area contributed by atoms with E-state index in [9.17, 15) is 4.79 Å². The summed E-state index contributed by atoms with van der Waals surface area (Å²) in [6, 6.07) is 9.97. The van der Waals surface area contributed by atoms with Crippen LogP contribution in [0.1, 0.15) is 25.5 Å². The van der Waals surface area contributed by atoms with Gasteiger partial charge >= 0.3 is 0 Å². The molecule has 0 spiro atoms. The smallest absolute Gasteiger partial charge is 0.249 e. The lowest BCUT2D eigenvalue weighted by atomic mass is 10.1. The van der Waals surface area contributed by atoms with Crippen LogP contribution >= 0.6 is 0 Å². The van der Waals surface area contributed by atoms with Crippen LogP contribution in [0.3, 0.4) is 0 Å². The number of rotatable bonds is 7. The molecule has 0 aliphatic rings. The number of hydrogen-bond acceptors (Lipinski definition) is 3. The molecule has 0 saturated heterocycles. The lowest BCUT2D eigenvalue weighted by molar-refractivity contribution is -0.132. The SMILES string of the molecule is CCOC(C)C(=O)NC(CN(C)C)c1ccccc1. The largest absolute Gasteiger partial charge is 0.369 e. The van der Waals surface area contributed by atoms with Crippen molar-refractivity contribution in [3.05, 3.63) is 35.9 Å². The number of likely N-dealkylation sites (N-methyl/N-ethyl adjacent to an activating group) is 1. The van der Waals surface area contributed by atoms with Crippen LogP contribution in [-0.4, -0.2) is 44.2 Å². The predicted molar refractivity (Wildman–Crippen MR) is 77.0 cm³/mol. The minimum atomic E-state index is -0.418. The van der Waals surface area contributed by atoms with Crippen LogP contribution in [0.5, 0.6) is 0 Å². The van der Waals surface area contributed by atoms with E-state index in [0.29, 0.717) is 6.61 Å².